The lowest BCUT2D eigenvalue weighted by Gasteiger charge is -1.96. The van der Waals surface area contributed by atoms with Crippen LogP contribution in [0.3, 0.4) is 0 Å². The first-order valence-corrected chi connectivity index (χ1v) is 4.75. The molecule has 0 aromatic rings. The molecule has 15 heavy (non-hydrogen) atoms. The van der Waals surface area contributed by atoms with Crippen molar-refractivity contribution in [1.82, 2.24) is 0 Å². The molecule has 4 nitrogen and oxygen atoms in total. The molecule has 1 fully saturated rings. The van der Waals surface area contributed by atoms with Crippen LogP contribution >= 0.6 is 0 Å². The van der Waals surface area contributed by atoms with Crippen LogP contribution < -0.4 is 0 Å². The van der Waals surface area contributed by atoms with Crippen LogP contribution in [0.15, 0.2) is 28.8 Å². The molecule has 0 radical (unpaired) electrons. The molecule has 1 N–H and O–H groups in total. The molecule has 0 atom stereocenters. The van der Waals surface area contributed by atoms with Crippen molar-refractivity contribution in [2.75, 3.05) is 7.05 Å². The second-order valence-corrected chi connectivity index (χ2v) is 3.22. The number of rotatable bonds is 3. The summed E-state index contributed by atoms with van der Waals surface area (Å²) in [6, 6.07) is 0. The highest BCUT2D eigenvalue weighted by Gasteiger charge is 2.31. The summed E-state index contributed by atoms with van der Waals surface area (Å²) in [6.45, 7) is 5.84. The van der Waals surface area contributed by atoms with Gasteiger partial charge in [0.15, 0.2) is 0 Å². The van der Waals surface area contributed by atoms with E-state index in [4.69, 9.17) is 5.41 Å². The number of carbonyl (C=O) groups excluding carboxylic acids is 1. The zero-order valence-electron chi connectivity index (χ0n) is 8.96. The molecule has 0 aliphatic carbocycles. The average molecular weight is 206 g/mol. The minimum absolute atomic E-state index is 0.170. The first-order valence-electron chi connectivity index (χ1n) is 4.75. The van der Waals surface area contributed by atoms with Crippen LogP contribution in [0.25, 0.3) is 0 Å². The van der Waals surface area contributed by atoms with Gasteiger partial charge in [-0.25, -0.2) is 4.79 Å². The van der Waals surface area contributed by atoms with Gasteiger partial charge in [-0.1, -0.05) is 25.2 Å². The maximum atomic E-state index is 11.3. The van der Waals surface area contributed by atoms with E-state index in [1.807, 2.05) is 6.92 Å². The molecule has 80 valence electrons. The summed E-state index contributed by atoms with van der Waals surface area (Å²) in [5.41, 5.74) is 1.73. The van der Waals surface area contributed by atoms with Crippen LogP contribution in [-0.4, -0.2) is 24.6 Å². The molecule has 0 amide bonds. The smallest absolute Gasteiger partial charge is 0.347 e. The zero-order valence-corrected chi connectivity index (χ0v) is 8.96. The number of ether oxygens (including phenoxy) is 1. The quantitative estimate of drug-likeness (QED) is 0.435. The van der Waals surface area contributed by atoms with Crippen LogP contribution in [0.4, 0.5) is 0 Å². The largest absolute Gasteiger partial charge is 0.402 e. The lowest BCUT2D eigenvalue weighted by molar-refractivity contribution is -0.129. The van der Waals surface area contributed by atoms with E-state index in [0.29, 0.717) is 17.7 Å². The third kappa shape index (κ3) is 2.40. The molecular weight excluding hydrogens is 192 g/mol. The Balaban J connectivity index is 2.88. The fourth-order valence-corrected chi connectivity index (χ4v) is 1.21. The van der Waals surface area contributed by atoms with Gasteiger partial charge in [-0.3, -0.25) is 10.4 Å². The number of nitrogens with one attached hydrogen (secondary N) is 1. The molecule has 1 aliphatic heterocycles. The summed E-state index contributed by atoms with van der Waals surface area (Å²) < 4.78 is 4.66. The molecular formula is C11H14N2O2. The molecule has 0 aromatic heterocycles. The van der Waals surface area contributed by atoms with E-state index in [9.17, 15) is 4.79 Å². The predicted octanol–water partition coefficient (Wildman–Crippen LogP) is 1.87. The molecule has 4 heteroatoms. The zero-order chi connectivity index (χ0) is 11.4. The van der Waals surface area contributed by atoms with Crippen molar-refractivity contribution in [2.45, 2.75) is 19.8 Å². The molecule has 0 spiro atoms. The highest BCUT2D eigenvalue weighted by molar-refractivity contribution is 6.55. The van der Waals surface area contributed by atoms with E-state index < -0.39 is 5.97 Å². The second-order valence-electron chi connectivity index (χ2n) is 3.22. The monoisotopic (exact) mass is 206 g/mol. The van der Waals surface area contributed by atoms with Crippen molar-refractivity contribution in [1.29, 1.82) is 5.41 Å². The summed E-state index contributed by atoms with van der Waals surface area (Å²) >= 11 is 0. The highest BCUT2D eigenvalue weighted by atomic mass is 16.5. The van der Waals surface area contributed by atoms with Gasteiger partial charge in [-0.2, -0.15) is 0 Å². The lowest BCUT2D eigenvalue weighted by Crippen LogP contribution is -2.06. The first kappa shape index (κ1) is 11.4. The standard InChI is InChI=1S/C11H14N2O2/c1-4-7(2)5-6-8-9(13-3)10(12)15-11(8)14/h6,12H,2,4-5H2,1,3H3/b8-6+,12-10?,13-9?. The third-order valence-corrected chi connectivity index (χ3v) is 2.20. The number of cyclic esters (lactones) is 1. The van der Waals surface area contributed by atoms with Gasteiger partial charge in [-0.15, -0.1) is 0 Å². The van der Waals surface area contributed by atoms with Crippen LogP contribution in [0.2, 0.25) is 0 Å². The Labute approximate surface area is 88.9 Å². The van der Waals surface area contributed by atoms with Gasteiger partial charge >= 0.3 is 5.97 Å². The molecule has 0 saturated carbocycles. The molecule has 0 aromatic carbocycles. The van der Waals surface area contributed by atoms with Crippen molar-refractivity contribution in [2.24, 2.45) is 4.99 Å². The number of hydrogen-bond acceptors (Lipinski definition) is 4. The first-order chi connectivity index (χ1) is 7.10. The van der Waals surface area contributed by atoms with E-state index in [0.717, 1.165) is 12.0 Å². The number of esters is 1. The van der Waals surface area contributed by atoms with Crippen molar-refractivity contribution >= 4 is 17.6 Å². The van der Waals surface area contributed by atoms with Crippen LogP contribution in [-0.2, 0) is 9.53 Å². The molecule has 1 heterocycles. The minimum Gasteiger partial charge on any atom is -0.402 e. The Morgan fingerprint density at radius 3 is 2.87 bits per heavy atom. The van der Waals surface area contributed by atoms with Gasteiger partial charge in [0.1, 0.15) is 5.71 Å². The molecule has 0 bridgehead atoms. The summed E-state index contributed by atoms with van der Waals surface area (Å²) in [4.78, 5) is 15.2. The van der Waals surface area contributed by atoms with Gasteiger partial charge < -0.3 is 4.74 Å². The highest BCUT2D eigenvalue weighted by Crippen LogP contribution is 2.15. The van der Waals surface area contributed by atoms with Crippen LogP contribution in [0, 0.1) is 5.41 Å². The fourth-order valence-electron chi connectivity index (χ4n) is 1.21. The van der Waals surface area contributed by atoms with Crippen LogP contribution in [0.1, 0.15) is 19.8 Å². The summed E-state index contributed by atoms with van der Waals surface area (Å²) in [5.74, 6) is -0.666. The number of aliphatic imine (C=N–C) groups is 1. The summed E-state index contributed by atoms with van der Waals surface area (Å²) in [6.07, 6.45) is 3.21. The van der Waals surface area contributed by atoms with Crippen LogP contribution in [0.5, 0.6) is 0 Å². The number of hydrogen-bond donors (Lipinski definition) is 1. The fraction of sp³-hybridized carbons (Fsp3) is 0.364. The minimum atomic E-state index is -0.496. The Morgan fingerprint density at radius 1 is 1.67 bits per heavy atom. The lowest BCUT2D eigenvalue weighted by atomic mass is 10.1. The molecule has 0 unspecified atom stereocenters. The maximum absolute atomic E-state index is 11.3. The van der Waals surface area contributed by atoms with E-state index >= 15 is 0 Å². The SMILES string of the molecule is C=C(CC)C/C=C1/C(=O)OC(=N)C1=NC. The molecule has 1 rings (SSSR count). The van der Waals surface area contributed by atoms with E-state index in [2.05, 4.69) is 16.3 Å². The Kier molecular flexibility index (Phi) is 3.55. The Morgan fingerprint density at radius 2 is 2.33 bits per heavy atom. The van der Waals surface area contributed by atoms with Crippen molar-refractivity contribution in [3.05, 3.63) is 23.8 Å². The predicted molar refractivity (Wildman–Crippen MR) is 59.3 cm³/mol. The van der Waals surface area contributed by atoms with Gasteiger partial charge in [0, 0.05) is 7.05 Å². The maximum Gasteiger partial charge on any atom is 0.347 e. The second kappa shape index (κ2) is 4.68. The number of carbonyl (C=O) groups is 1. The summed E-state index contributed by atoms with van der Waals surface area (Å²) in [7, 11) is 1.54. The Bertz CT molecular complexity index is 378. The van der Waals surface area contributed by atoms with Crippen molar-refractivity contribution < 1.29 is 9.53 Å². The topological polar surface area (TPSA) is 62.5 Å². The van der Waals surface area contributed by atoms with E-state index in [1.54, 1.807) is 6.08 Å². The number of nitrogens with zero attached hydrogens (tertiary/aromatic N) is 1. The van der Waals surface area contributed by atoms with E-state index in [1.165, 1.54) is 7.05 Å². The van der Waals surface area contributed by atoms with Gasteiger partial charge in [0.25, 0.3) is 0 Å². The molecule has 1 aliphatic rings. The number of allylic oxidation sites excluding steroid dienone is 2. The van der Waals surface area contributed by atoms with Gasteiger partial charge in [0.05, 0.1) is 5.57 Å². The van der Waals surface area contributed by atoms with Gasteiger partial charge in [0.2, 0.25) is 5.90 Å². The van der Waals surface area contributed by atoms with Gasteiger partial charge in [-0.05, 0) is 12.8 Å². The average Bonchev–Trinajstić information content (AvgIpc) is 2.49. The molecule has 1 saturated heterocycles. The van der Waals surface area contributed by atoms with Crippen molar-refractivity contribution in [3.8, 4) is 0 Å². The Hall–Kier alpha value is -1.71. The normalized spacial score (nSPS) is 21.2. The van der Waals surface area contributed by atoms with Crippen molar-refractivity contribution in [3.63, 3.8) is 0 Å². The third-order valence-electron chi connectivity index (χ3n) is 2.20. The summed E-state index contributed by atoms with van der Waals surface area (Å²) in [5, 5.41) is 7.36. The van der Waals surface area contributed by atoms with E-state index in [-0.39, 0.29) is 5.90 Å².